The number of hydrogen-bond acceptors (Lipinski definition) is 4. The normalized spacial score (nSPS) is 18.9. The smallest absolute Gasteiger partial charge is 0.207 e. The lowest BCUT2D eigenvalue weighted by Gasteiger charge is -2.21. The van der Waals surface area contributed by atoms with E-state index in [-0.39, 0.29) is 0 Å². The molecule has 2 aromatic rings. The van der Waals surface area contributed by atoms with E-state index in [1.165, 1.54) is 17.4 Å². The summed E-state index contributed by atoms with van der Waals surface area (Å²) in [6.07, 6.45) is 1.45. The van der Waals surface area contributed by atoms with E-state index >= 15 is 0 Å². The fraction of sp³-hybridized carbons (Fsp3) is 0.214. The van der Waals surface area contributed by atoms with Crippen LogP contribution in [0.25, 0.3) is 0 Å². The average Bonchev–Trinajstić information content (AvgIpc) is 3.07. The van der Waals surface area contributed by atoms with Crippen LogP contribution in [0.3, 0.4) is 0 Å². The highest BCUT2D eigenvalue weighted by Crippen LogP contribution is 2.36. The van der Waals surface area contributed by atoms with E-state index in [2.05, 4.69) is 5.10 Å². The summed E-state index contributed by atoms with van der Waals surface area (Å²) in [5, 5.41) is 6.11. The van der Waals surface area contributed by atoms with E-state index in [0.29, 0.717) is 17.7 Å². The SMILES string of the molecule is CS(=O)(=O)N1N=C(c2cccs2)CC1c1ccccc1F. The van der Waals surface area contributed by atoms with Crippen LogP contribution in [0.15, 0.2) is 46.9 Å². The summed E-state index contributed by atoms with van der Waals surface area (Å²) in [4.78, 5) is 0.905. The quantitative estimate of drug-likeness (QED) is 0.871. The number of nitrogens with zero attached hydrogens (tertiary/aromatic N) is 2. The maximum absolute atomic E-state index is 14.0. The fourth-order valence-corrected chi connectivity index (χ4v) is 3.98. The molecule has 2 heterocycles. The molecule has 1 aromatic heterocycles. The van der Waals surface area contributed by atoms with Crippen LogP contribution in [-0.2, 0) is 10.0 Å². The predicted molar refractivity (Wildman–Crippen MR) is 81.3 cm³/mol. The maximum Gasteiger partial charge on any atom is 0.247 e. The summed E-state index contributed by atoms with van der Waals surface area (Å²) in [6, 6.07) is 9.35. The number of hydrogen-bond donors (Lipinski definition) is 0. The molecule has 1 atom stereocenters. The highest BCUT2D eigenvalue weighted by Gasteiger charge is 2.36. The second-order valence-electron chi connectivity index (χ2n) is 4.80. The first-order chi connectivity index (χ1) is 9.97. The second-order valence-corrected chi connectivity index (χ2v) is 7.59. The zero-order valence-corrected chi connectivity index (χ0v) is 12.9. The number of benzene rings is 1. The highest BCUT2D eigenvalue weighted by atomic mass is 32.2. The van der Waals surface area contributed by atoms with Crippen LogP contribution in [0, 0.1) is 5.82 Å². The van der Waals surface area contributed by atoms with Gasteiger partial charge in [-0.1, -0.05) is 24.3 Å². The zero-order chi connectivity index (χ0) is 15.0. The van der Waals surface area contributed by atoms with E-state index < -0.39 is 21.9 Å². The molecule has 0 spiro atoms. The number of rotatable bonds is 3. The molecule has 1 aliphatic heterocycles. The Hall–Kier alpha value is -1.73. The molecule has 0 saturated heterocycles. The van der Waals surface area contributed by atoms with Crippen LogP contribution in [0.1, 0.15) is 22.9 Å². The number of halogens is 1. The van der Waals surface area contributed by atoms with Crippen LogP contribution in [0.4, 0.5) is 4.39 Å². The van der Waals surface area contributed by atoms with Gasteiger partial charge < -0.3 is 0 Å². The standard InChI is InChI=1S/C14H13FN2O2S2/c1-21(18,19)17-13(10-5-2-3-6-11(10)15)9-12(16-17)14-7-4-8-20-14/h2-8,13H,9H2,1H3. The monoisotopic (exact) mass is 324 g/mol. The van der Waals surface area contributed by atoms with Crippen LogP contribution < -0.4 is 0 Å². The molecule has 0 fully saturated rings. The third-order valence-corrected chi connectivity index (χ3v) is 5.22. The van der Waals surface area contributed by atoms with Crippen molar-refractivity contribution in [1.29, 1.82) is 0 Å². The van der Waals surface area contributed by atoms with Crippen LogP contribution in [-0.4, -0.2) is 24.8 Å². The number of sulfonamides is 1. The van der Waals surface area contributed by atoms with Gasteiger partial charge in [-0.2, -0.15) is 9.52 Å². The van der Waals surface area contributed by atoms with E-state index in [9.17, 15) is 12.8 Å². The van der Waals surface area contributed by atoms with Gasteiger partial charge in [0.2, 0.25) is 10.0 Å². The molecule has 110 valence electrons. The lowest BCUT2D eigenvalue weighted by molar-refractivity contribution is 0.365. The molecule has 0 N–H and O–H groups in total. The van der Waals surface area contributed by atoms with Crippen molar-refractivity contribution in [2.75, 3.05) is 6.26 Å². The molecular formula is C14H13FN2O2S2. The molecule has 3 rings (SSSR count). The Morgan fingerprint density at radius 3 is 2.67 bits per heavy atom. The van der Waals surface area contributed by atoms with Crippen molar-refractivity contribution < 1.29 is 12.8 Å². The van der Waals surface area contributed by atoms with Crippen molar-refractivity contribution in [3.63, 3.8) is 0 Å². The van der Waals surface area contributed by atoms with Gasteiger partial charge in [-0.15, -0.1) is 11.3 Å². The second kappa shape index (κ2) is 5.23. The van der Waals surface area contributed by atoms with Crippen molar-refractivity contribution in [2.24, 2.45) is 5.10 Å². The van der Waals surface area contributed by atoms with Crippen molar-refractivity contribution in [2.45, 2.75) is 12.5 Å². The fourth-order valence-electron chi connectivity index (χ4n) is 2.36. The van der Waals surface area contributed by atoms with Gasteiger partial charge >= 0.3 is 0 Å². The third-order valence-electron chi connectivity index (χ3n) is 3.28. The Bertz CT molecular complexity index is 785. The molecular weight excluding hydrogens is 311 g/mol. The van der Waals surface area contributed by atoms with Gasteiger partial charge in [0.1, 0.15) is 5.82 Å². The van der Waals surface area contributed by atoms with Gasteiger partial charge in [0.15, 0.2) is 0 Å². The summed E-state index contributed by atoms with van der Waals surface area (Å²) in [5.41, 5.74) is 1.02. The maximum atomic E-state index is 14.0. The van der Waals surface area contributed by atoms with E-state index in [1.807, 2.05) is 17.5 Å². The average molecular weight is 324 g/mol. The van der Waals surface area contributed by atoms with Gasteiger partial charge in [-0.3, -0.25) is 0 Å². The van der Waals surface area contributed by atoms with E-state index in [1.54, 1.807) is 18.2 Å². The molecule has 1 aromatic carbocycles. The third kappa shape index (κ3) is 2.71. The Morgan fingerprint density at radius 1 is 1.29 bits per heavy atom. The summed E-state index contributed by atoms with van der Waals surface area (Å²) in [7, 11) is -3.56. The molecule has 0 amide bonds. The molecule has 7 heteroatoms. The Labute approximate surface area is 126 Å². The topological polar surface area (TPSA) is 49.7 Å². The van der Waals surface area contributed by atoms with Gasteiger partial charge in [0.25, 0.3) is 0 Å². The Kier molecular flexibility index (Phi) is 3.54. The summed E-state index contributed by atoms with van der Waals surface area (Å²) in [5.74, 6) is -0.418. The molecule has 1 aliphatic rings. The minimum Gasteiger partial charge on any atom is -0.207 e. The van der Waals surface area contributed by atoms with Crippen LogP contribution in [0.2, 0.25) is 0 Å². The summed E-state index contributed by atoms with van der Waals surface area (Å²) >= 11 is 1.49. The largest absolute Gasteiger partial charge is 0.247 e. The predicted octanol–water partition coefficient (Wildman–Crippen LogP) is 3.00. The Morgan fingerprint density at radius 2 is 2.05 bits per heavy atom. The number of thiophene rings is 1. The van der Waals surface area contributed by atoms with Gasteiger partial charge in [-0.25, -0.2) is 12.8 Å². The highest BCUT2D eigenvalue weighted by molar-refractivity contribution is 7.88. The lowest BCUT2D eigenvalue weighted by atomic mass is 10.0. The Balaban J connectivity index is 2.04. The van der Waals surface area contributed by atoms with Gasteiger partial charge in [0, 0.05) is 12.0 Å². The molecule has 0 radical (unpaired) electrons. The molecule has 0 bridgehead atoms. The van der Waals surface area contributed by atoms with Crippen molar-refractivity contribution >= 4 is 27.1 Å². The van der Waals surface area contributed by atoms with Crippen molar-refractivity contribution in [3.05, 3.63) is 58.0 Å². The van der Waals surface area contributed by atoms with Crippen molar-refractivity contribution in [3.8, 4) is 0 Å². The summed E-state index contributed by atoms with van der Waals surface area (Å²) < 4.78 is 38.9. The van der Waals surface area contributed by atoms with Gasteiger partial charge in [0.05, 0.1) is 22.9 Å². The zero-order valence-electron chi connectivity index (χ0n) is 11.2. The molecule has 21 heavy (non-hydrogen) atoms. The molecule has 1 unspecified atom stereocenters. The van der Waals surface area contributed by atoms with Crippen LogP contribution >= 0.6 is 11.3 Å². The number of hydrazone groups is 1. The van der Waals surface area contributed by atoms with Crippen molar-refractivity contribution in [1.82, 2.24) is 4.41 Å². The first-order valence-corrected chi connectivity index (χ1v) is 9.05. The molecule has 0 aliphatic carbocycles. The first-order valence-electron chi connectivity index (χ1n) is 6.32. The molecule has 0 saturated carbocycles. The van der Waals surface area contributed by atoms with E-state index in [0.717, 1.165) is 15.5 Å². The van der Waals surface area contributed by atoms with Crippen LogP contribution in [0.5, 0.6) is 0 Å². The first kappa shape index (κ1) is 14.2. The van der Waals surface area contributed by atoms with Gasteiger partial charge in [-0.05, 0) is 17.5 Å². The van der Waals surface area contributed by atoms with E-state index in [4.69, 9.17) is 0 Å². The minimum atomic E-state index is -3.56. The summed E-state index contributed by atoms with van der Waals surface area (Å²) in [6.45, 7) is 0. The lowest BCUT2D eigenvalue weighted by Crippen LogP contribution is -2.26. The molecule has 4 nitrogen and oxygen atoms in total. The minimum absolute atomic E-state index is 0.346.